The van der Waals surface area contributed by atoms with Crippen LogP contribution in [-0.2, 0) is 11.2 Å². The second kappa shape index (κ2) is 7.28. The molecule has 142 valence electrons. The van der Waals surface area contributed by atoms with Gasteiger partial charge in [0.05, 0.1) is 23.9 Å². The molecule has 0 aliphatic carbocycles. The van der Waals surface area contributed by atoms with Gasteiger partial charge in [-0.15, -0.1) is 11.3 Å². The van der Waals surface area contributed by atoms with E-state index in [1.807, 2.05) is 0 Å². The number of benzene rings is 1. The molecule has 4 rings (SSSR count). The Labute approximate surface area is 163 Å². The smallest absolute Gasteiger partial charge is 0.260 e. The molecule has 0 aliphatic heterocycles. The second-order valence-corrected chi connectivity index (χ2v) is 6.99. The van der Waals surface area contributed by atoms with Crippen LogP contribution < -0.4 is 10.6 Å². The third-order valence-electron chi connectivity index (χ3n) is 4.00. The lowest BCUT2D eigenvalue weighted by molar-refractivity contribution is -0.115. The highest BCUT2D eigenvalue weighted by Crippen LogP contribution is 2.21. The number of anilines is 2. The van der Waals surface area contributed by atoms with Crippen LogP contribution in [0.5, 0.6) is 0 Å². The van der Waals surface area contributed by atoms with Gasteiger partial charge in [0.1, 0.15) is 11.3 Å². The topological polar surface area (TPSA) is 110 Å². The van der Waals surface area contributed by atoms with Crippen LogP contribution in [0.2, 0.25) is 0 Å². The van der Waals surface area contributed by atoms with Crippen LogP contribution >= 0.6 is 11.3 Å². The van der Waals surface area contributed by atoms with E-state index >= 15 is 0 Å². The van der Waals surface area contributed by atoms with Crippen molar-refractivity contribution in [3.63, 3.8) is 0 Å². The number of hydrogen-bond acceptors (Lipinski definition) is 7. The van der Waals surface area contributed by atoms with E-state index < -0.39 is 0 Å². The molecule has 1 aromatic carbocycles. The van der Waals surface area contributed by atoms with Crippen LogP contribution in [-0.4, -0.2) is 21.8 Å². The van der Waals surface area contributed by atoms with Gasteiger partial charge < -0.3 is 14.2 Å². The fourth-order valence-corrected chi connectivity index (χ4v) is 3.43. The monoisotopic (exact) mass is 396 g/mol. The zero-order valence-electron chi connectivity index (χ0n) is 15.1. The summed E-state index contributed by atoms with van der Waals surface area (Å²) in [7, 11) is 0. The van der Waals surface area contributed by atoms with Gasteiger partial charge in [-0.05, 0) is 31.2 Å². The van der Waals surface area contributed by atoms with Gasteiger partial charge in [0.15, 0.2) is 16.6 Å². The summed E-state index contributed by atoms with van der Waals surface area (Å²) in [5.74, 6) is 0.593. The fraction of sp³-hybridized carbons (Fsp3) is 0.158. The van der Waals surface area contributed by atoms with Crippen LogP contribution in [0.15, 0.2) is 44.7 Å². The quantitative estimate of drug-likeness (QED) is 0.529. The number of thiazole rings is 1. The lowest BCUT2D eigenvalue weighted by Gasteiger charge is -2.03. The summed E-state index contributed by atoms with van der Waals surface area (Å²) in [6.07, 6.45) is 1.55. The fourth-order valence-electron chi connectivity index (χ4n) is 2.72. The third kappa shape index (κ3) is 3.79. The summed E-state index contributed by atoms with van der Waals surface area (Å²) in [6, 6.07) is 6.87. The van der Waals surface area contributed by atoms with Gasteiger partial charge in [-0.2, -0.15) is 0 Å². The van der Waals surface area contributed by atoms with Crippen LogP contribution in [0.25, 0.3) is 11.1 Å². The number of oxazole rings is 1. The zero-order chi connectivity index (χ0) is 19.7. The van der Waals surface area contributed by atoms with Crippen molar-refractivity contribution in [1.82, 2.24) is 9.97 Å². The molecule has 0 radical (unpaired) electrons. The molecule has 0 unspecified atom stereocenters. The average molecular weight is 396 g/mol. The Kier molecular flexibility index (Phi) is 4.66. The number of fused-ring (bicyclic) bond motifs is 1. The van der Waals surface area contributed by atoms with Gasteiger partial charge in [0.2, 0.25) is 5.91 Å². The Morgan fingerprint density at radius 3 is 2.79 bits per heavy atom. The van der Waals surface area contributed by atoms with Crippen LogP contribution in [0.4, 0.5) is 10.8 Å². The van der Waals surface area contributed by atoms with Crippen LogP contribution in [0, 0.1) is 13.8 Å². The summed E-state index contributed by atoms with van der Waals surface area (Å²) in [5, 5.41) is 7.69. The predicted octanol–water partition coefficient (Wildman–Crippen LogP) is 3.93. The van der Waals surface area contributed by atoms with E-state index in [0.717, 1.165) is 0 Å². The largest absolute Gasteiger partial charge is 0.469 e. The standard InChI is InChI=1S/C19H16N4O4S/c1-10-14(5-6-26-10)18(25)23-19-22-13(9-28-19)8-17(24)21-12-3-4-16-15(7-12)20-11(2)27-16/h3-7,9H,8H2,1-2H3,(H,21,24)(H,22,23,25). The number of carbonyl (C=O) groups is 2. The normalized spacial score (nSPS) is 10.9. The van der Waals surface area contributed by atoms with Crippen LogP contribution in [0.1, 0.15) is 27.7 Å². The summed E-state index contributed by atoms with van der Waals surface area (Å²) >= 11 is 1.26. The van der Waals surface area contributed by atoms with Crippen molar-refractivity contribution in [3.8, 4) is 0 Å². The maximum Gasteiger partial charge on any atom is 0.260 e. The lowest BCUT2D eigenvalue weighted by Crippen LogP contribution is -2.15. The summed E-state index contributed by atoms with van der Waals surface area (Å²) < 4.78 is 10.5. The Hall–Kier alpha value is -3.46. The Morgan fingerprint density at radius 2 is 2.00 bits per heavy atom. The van der Waals surface area contributed by atoms with Crippen molar-refractivity contribution in [2.45, 2.75) is 20.3 Å². The predicted molar refractivity (Wildman–Crippen MR) is 105 cm³/mol. The third-order valence-corrected chi connectivity index (χ3v) is 4.80. The first-order valence-corrected chi connectivity index (χ1v) is 9.33. The van der Waals surface area contributed by atoms with Gasteiger partial charge in [-0.1, -0.05) is 0 Å². The number of aryl methyl sites for hydroxylation is 2. The number of aromatic nitrogens is 2. The molecule has 0 spiro atoms. The summed E-state index contributed by atoms with van der Waals surface area (Å²) in [4.78, 5) is 33.0. The van der Waals surface area contributed by atoms with Gasteiger partial charge in [-0.3, -0.25) is 14.9 Å². The number of furan rings is 1. The molecule has 8 nitrogen and oxygen atoms in total. The molecule has 2 N–H and O–H groups in total. The first kappa shape index (κ1) is 17.9. The molecule has 0 saturated heterocycles. The molecule has 0 atom stereocenters. The molecule has 28 heavy (non-hydrogen) atoms. The molecule has 0 aliphatic rings. The van der Waals surface area contributed by atoms with Crippen molar-refractivity contribution < 1.29 is 18.4 Å². The maximum atomic E-state index is 12.3. The zero-order valence-corrected chi connectivity index (χ0v) is 15.9. The highest BCUT2D eigenvalue weighted by Gasteiger charge is 2.14. The number of hydrogen-bond donors (Lipinski definition) is 2. The van der Waals surface area contributed by atoms with Gasteiger partial charge in [-0.25, -0.2) is 9.97 Å². The van der Waals surface area contributed by atoms with Gasteiger partial charge >= 0.3 is 0 Å². The Balaban J connectivity index is 1.38. The van der Waals surface area contributed by atoms with E-state index in [2.05, 4.69) is 20.6 Å². The average Bonchev–Trinajstić information content (AvgIpc) is 3.34. The van der Waals surface area contributed by atoms with E-state index in [0.29, 0.717) is 44.8 Å². The number of amides is 2. The number of nitrogens with one attached hydrogen (secondary N) is 2. The molecular weight excluding hydrogens is 380 g/mol. The van der Waals surface area contributed by atoms with E-state index in [1.54, 1.807) is 43.5 Å². The second-order valence-electron chi connectivity index (χ2n) is 6.13. The van der Waals surface area contributed by atoms with E-state index in [-0.39, 0.29) is 18.2 Å². The molecule has 2 amide bonds. The molecule has 4 aromatic rings. The highest BCUT2D eigenvalue weighted by molar-refractivity contribution is 7.14. The van der Waals surface area contributed by atoms with E-state index in [9.17, 15) is 9.59 Å². The maximum absolute atomic E-state index is 12.3. The molecule has 9 heteroatoms. The number of rotatable bonds is 5. The van der Waals surface area contributed by atoms with Gasteiger partial charge in [0.25, 0.3) is 5.91 Å². The van der Waals surface area contributed by atoms with Gasteiger partial charge in [0, 0.05) is 18.0 Å². The molecule has 0 fully saturated rings. The molecule has 3 heterocycles. The molecule has 0 saturated carbocycles. The van der Waals surface area contributed by atoms with Crippen molar-refractivity contribution in [1.29, 1.82) is 0 Å². The number of carbonyl (C=O) groups excluding carboxylic acids is 2. The molecule has 3 aromatic heterocycles. The Morgan fingerprint density at radius 1 is 1.14 bits per heavy atom. The Bertz CT molecular complexity index is 1170. The minimum Gasteiger partial charge on any atom is -0.469 e. The number of nitrogens with zero attached hydrogens (tertiary/aromatic N) is 2. The van der Waals surface area contributed by atoms with E-state index in [4.69, 9.17) is 8.83 Å². The molecule has 0 bridgehead atoms. The first-order valence-electron chi connectivity index (χ1n) is 8.45. The first-order chi connectivity index (χ1) is 13.5. The SMILES string of the molecule is Cc1nc2cc(NC(=O)Cc3csc(NC(=O)c4ccoc4C)n3)ccc2o1. The molecular formula is C19H16N4O4S. The minimum absolute atomic E-state index is 0.0903. The highest BCUT2D eigenvalue weighted by atomic mass is 32.1. The van der Waals surface area contributed by atoms with Crippen molar-refractivity contribution in [3.05, 3.63) is 58.8 Å². The van der Waals surface area contributed by atoms with E-state index in [1.165, 1.54) is 17.6 Å². The van der Waals surface area contributed by atoms with Crippen LogP contribution in [0.3, 0.4) is 0 Å². The van der Waals surface area contributed by atoms with Crippen molar-refractivity contribution >= 4 is 45.1 Å². The summed E-state index contributed by atoms with van der Waals surface area (Å²) in [6.45, 7) is 3.48. The minimum atomic E-state index is -0.298. The van der Waals surface area contributed by atoms with Crippen molar-refractivity contribution in [2.75, 3.05) is 10.6 Å². The van der Waals surface area contributed by atoms with Crippen molar-refractivity contribution in [2.24, 2.45) is 0 Å². The lowest BCUT2D eigenvalue weighted by atomic mass is 10.2. The summed E-state index contributed by atoms with van der Waals surface area (Å²) in [5.41, 5.74) is 3.00.